The van der Waals surface area contributed by atoms with Crippen LogP contribution in [0.4, 0.5) is 5.69 Å². The summed E-state index contributed by atoms with van der Waals surface area (Å²) in [5.41, 5.74) is 0.932. The van der Waals surface area contributed by atoms with Gasteiger partial charge in [0.1, 0.15) is 4.08 Å². The van der Waals surface area contributed by atoms with Gasteiger partial charge in [0, 0.05) is 12.7 Å². The van der Waals surface area contributed by atoms with Crippen LogP contribution in [0.25, 0.3) is 0 Å². The Bertz CT molecular complexity index is 349. The molecule has 1 aromatic carbocycles. The van der Waals surface area contributed by atoms with Crippen LogP contribution in [0.5, 0.6) is 0 Å². The molecule has 1 rings (SSSR count). The maximum atomic E-state index is 12.3. The Morgan fingerprint density at radius 2 is 1.69 bits per heavy atom. The summed E-state index contributed by atoms with van der Waals surface area (Å²) >= 11 is 3.15. The molecule has 0 bridgehead atoms. The Labute approximate surface area is 106 Å². The van der Waals surface area contributed by atoms with Crippen molar-refractivity contribution in [1.29, 1.82) is 0 Å². The van der Waals surface area contributed by atoms with Crippen LogP contribution >= 0.6 is 23.5 Å². The fourth-order valence-electron chi connectivity index (χ4n) is 1.33. The van der Waals surface area contributed by atoms with Gasteiger partial charge >= 0.3 is 0 Å². The molecule has 0 aliphatic rings. The van der Waals surface area contributed by atoms with Gasteiger partial charge in [0.2, 0.25) is 0 Å². The van der Waals surface area contributed by atoms with Crippen molar-refractivity contribution in [3.63, 3.8) is 0 Å². The first-order valence-electron chi connectivity index (χ1n) is 4.98. The van der Waals surface area contributed by atoms with Gasteiger partial charge in [-0.25, -0.2) is 0 Å². The van der Waals surface area contributed by atoms with Crippen molar-refractivity contribution in [3.8, 4) is 0 Å². The van der Waals surface area contributed by atoms with Crippen LogP contribution in [0.2, 0.25) is 0 Å². The molecule has 0 heterocycles. The molecule has 2 nitrogen and oxygen atoms in total. The average Bonchev–Trinajstić information content (AvgIpc) is 2.37. The minimum absolute atomic E-state index is 0.124. The third-order valence-corrected chi connectivity index (χ3v) is 5.52. The summed E-state index contributed by atoms with van der Waals surface area (Å²) in [7, 11) is 1.82. The van der Waals surface area contributed by atoms with Crippen LogP contribution in [0.3, 0.4) is 0 Å². The van der Waals surface area contributed by atoms with E-state index in [4.69, 9.17) is 0 Å². The van der Waals surface area contributed by atoms with Crippen LogP contribution in [0, 0.1) is 0 Å². The zero-order valence-corrected chi connectivity index (χ0v) is 11.7. The highest BCUT2D eigenvalue weighted by Crippen LogP contribution is 2.35. The molecule has 0 aliphatic heterocycles. The van der Waals surface area contributed by atoms with E-state index in [0.29, 0.717) is 0 Å². The van der Waals surface area contributed by atoms with Crippen LogP contribution < -0.4 is 4.90 Å². The Morgan fingerprint density at radius 1 is 1.19 bits per heavy atom. The summed E-state index contributed by atoms with van der Waals surface area (Å²) in [6.45, 7) is 1.96. The van der Waals surface area contributed by atoms with E-state index in [-0.39, 0.29) is 5.91 Å². The molecule has 88 valence electrons. The molecule has 0 fully saturated rings. The summed E-state index contributed by atoms with van der Waals surface area (Å²) < 4.78 is -0.412. The zero-order chi connectivity index (χ0) is 12.2. The van der Waals surface area contributed by atoms with Gasteiger partial charge in [-0.2, -0.15) is 0 Å². The number of para-hydroxylation sites is 1. The van der Waals surface area contributed by atoms with E-state index in [1.807, 2.05) is 56.8 Å². The lowest BCUT2D eigenvalue weighted by atomic mass is 10.3. The number of carbonyl (C=O) groups is 1. The summed E-state index contributed by atoms with van der Waals surface area (Å²) in [5.74, 6) is 0.124. The van der Waals surface area contributed by atoms with Gasteiger partial charge in [0.15, 0.2) is 0 Å². The third-order valence-electron chi connectivity index (χ3n) is 2.62. The molecule has 0 spiro atoms. The molecule has 1 aromatic rings. The molecule has 0 aliphatic carbocycles. The number of carbonyl (C=O) groups excluding carboxylic acids is 1. The van der Waals surface area contributed by atoms with Gasteiger partial charge in [-0.15, -0.1) is 23.5 Å². The number of thioether (sulfide) groups is 2. The Morgan fingerprint density at radius 3 is 2.12 bits per heavy atom. The molecule has 0 radical (unpaired) electrons. The van der Waals surface area contributed by atoms with Gasteiger partial charge < -0.3 is 4.90 Å². The number of amides is 1. The molecule has 0 atom stereocenters. The first kappa shape index (κ1) is 13.5. The Hall–Kier alpha value is -0.610. The predicted octanol–water partition coefficient (Wildman–Crippen LogP) is 3.09. The number of hydrogen-bond donors (Lipinski definition) is 0. The summed E-state index contributed by atoms with van der Waals surface area (Å²) in [4.78, 5) is 14.0. The minimum Gasteiger partial charge on any atom is -0.314 e. The first-order valence-corrected chi connectivity index (χ1v) is 7.43. The second-order valence-electron chi connectivity index (χ2n) is 3.55. The monoisotopic (exact) mass is 255 g/mol. The highest BCUT2D eigenvalue weighted by atomic mass is 32.2. The van der Waals surface area contributed by atoms with E-state index in [1.165, 1.54) is 0 Å². The maximum absolute atomic E-state index is 12.3. The molecule has 4 heteroatoms. The third kappa shape index (κ3) is 2.74. The molecule has 0 aromatic heterocycles. The largest absolute Gasteiger partial charge is 0.314 e. The van der Waals surface area contributed by atoms with E-state index in [1.54, 1.807) is 28.4 Å². The highest BCUT2D eigenvalue weighted by molar-refractivity contribution is 8.18. The normalized spacial score (nSPS) is 11.2. The van der Waals surface area contributed by atoms with Gasteiger partial charge in [-0.1, -0.05) is 18.2 Å². The summed E-state index contributed by atoms with van der Waals surface area (Å²) in [6.07, 6.45) is 3.93. The molecule has 1 amide bonds. The molecule has 16 heavy (non-hydrogen) atoms. The van der Waals surface area contributed by atoms with Gasteiger partial charge in [-0.3, -0.25) is 4.79 Å². The van der Waals surface area contributed by atoms with Crippen molar-refractivity contribution < 1.29 is 4.79 Å². The van der Waals surface area contributed by atoms with Gasteiger partial charge in [-0.05, 0) is 31.6 Å². The van der Waals surface area contributed by atoms with Crippen LogP contribution in [0.15, 0.2) is 30.3 Å². The Kier molecular flexibility index (Phi) is 4.74. The predicted molar refractivity (Wildman–Crippen MR) is 75.3 cm³/mol. The van der Waals surface area contributed by atoms with E-state index >= 15 is 0 Å². The Balaban J connectivity index is 2.90. The second kappa shape index (κ2) is 5.64. The molecule has 0 N–H and O–H groups in total. The van der Waals surface area contributed by atoms with Gasteiger partial charge in [0.25, 0.3) is 5.91 Å². The number of hydrogen-bond acceptors (Lipinski definition) is 3. The van der Waals surface area contributed by atoms with Crippen molar-refractivity contribution >= 4 is 35.1 Å². The molecule has 0 saturated heterocycles. The molecule has 0 saturated carbocycles. The number of rotatable bonds is 4. The van der Waals surface area contributed by atoms with Crippen LogP contribution in [0.1, 0.15) is 6.92 Å². The molecular formula is C12H17NOS2. The summed E-state index contributed by atoms with van der Waals surface area (Å²) in [6, 6.07) is 9.71. The fraction of sp³-hybridized carbons (Fsp3) is 0.417. The van der Waals surface area contributed by atoms with Crippen molar-refractivity contribution in [2.24, 2.45) is 0 Å². The number of anilines is 1. The highest BCUT2D eigenvalue weighted by Gasteiger charge is 2.34. The fourth-order valence-corrected chi connectivity index (χ4v) is 2.62. The number of benzene rings is 1. The quantitative estimate of drug-likeness (QED) is 0.771. The molecule has 0 unspecified atom stereocenters. The van der Waals surface area contributed by atoms with E-state index < -0.39 is 4.08 Å². The van der Waals surface area contributed by atoms with Crippen molar-refractivity contribution in [2.45, 2.75) is 11.0 Å². The van der Waals surface area contributed by atoms with E-state index in [9.17, 15) is 4.79 Å². The van der Waals surface area contributed by atoms with E-state index in [2.05, 4.69) is 0 Å². The van der Waals surface area contributed by atoms with E-state index in [0.717, 1.165) is 5.69 Å². The van der Waals surface area contributed by atoms with Crippen LogP contribution in [-0.2, 0) is 4.79 Å². The SMILES string of the molecule is CSC(C)(SC)C(=O)N(C)c1ccccc1. The molecular weight excluding hydrogens is 238 g/mol. The van der Waals surface area contributed by atoms with Crippen LogP contribution in [-0.4, -0.2) is 29.5 Å². The standard InChI is InChI=1S/C12H17NOS2/c1-12(15-3,16-4)11(14)13(2)10-8-6-5-7-9-10/h5-9H,1-4H3. The van der Waals surface area contributed by atoms with Gasteiger partial charge in [0.05, 0.1) is 0 Å². The lowest BCUT2D eigenvalue weighted by molar-refractivity contribution is -0.118. The lowest BCUT2D eigenvalue weighted by Gasteiger charge is -2.29. The maximum Gasteiger partial charge on any atom is 0.252 e. The van der Waals surface area contributed by atoms with Crippen molar-refractivity contribution in [3.05, 3.63) is 30.3 Å². The minimum atomic E-state index is -0.412. The second-order valence-corrected chi connectivity index (χ2v) is 6.26. The average molecular weight is 255 g/mol. The van der Waals surface area contributed by atoms with Crippen molar-refractivity contribution in [1.82, 2.24) is 0 Å². The smallest absolute Gasteiger partial charge is 0.252 e. The lowest BCUT2D eigenvalue weighted by Crippen LogP contribution is -2.40. The first-order chi connectivity index (χ1) is 7.55. The summed E-state index contributed by atoms with van der Waals surface area (Å²) in [5, 5.41) is 0. The number of nitrogens with zero attached hydrogens (tertiary/aromatic N) is 1. The van der Waals surface area contributed by atoms with Crippen molar-refractivity contribution in [2.75, 3.05) is 24.5 Å². The zero-order valence-electron chi connectivity index (χ0n) is 10.1. The topological polar surface area (TPSA) is 20.3 Å².